The number of carbonyl (C=O) groups excluding carboxylic acids is 1. The van der Waals surface area contributed by atoms with Crippen molar-refractivity contribution in [3.8, 4) is 0 Å². The molecule has 0 spiro atoms. The monoisotopic (exact) mass is 294 g/mol. The van der Waals surface area contributed by atoms with Crippen LogP contribution in [0, 0.1) is 6.92 Å². The first-order valence-corrected chi connectivity index (χ1v) is 7.75. The molecule has 0 unspecified atom stereocenters. The second-order valence-electron chi connectivity index (χ2n) is 5.77. The Morgan fingerprint density at radius 3 is 2.67 bits per heavy atom. The van der Waals surface area contributed by atoms with Crippen molar-refractivity contribution in [2.24, 2.45) is 0 Å². The summed E-state index contributed by atoms with van der Waals surface area (Å²) in [5.74, 6) is 0.193. The van der Waals surface area contributed by atoms with Crippen molar-refractivity contribution in [2.45, 2.75) is 39.3 Å². The number of piperazine rings is 1. The molecule has 1 amide bonds. The van der Waals surface area contributed by atoms with Crippen LogP contribution in [0.5, 0.6) is 0 Å². The van der Waals surface area contributed by atoms with E-state index in [9.17, 15) is 9.90 Å². The number of rotatable bonds is 6. The predicted octanol–water partition coefficient (Wildman–Crippen LogP) is 0.497. The number of carbonyl (C=O) groups is 1. The molecular formula is C15H26N4O2. The van der Waals surface area contributed by atoms with E-state index in [1.54, 1.807) is 0 Å². The molecule has 2 rings (SSSR count). The normalized spacial score (nSPS) is 18.0. The molecule has 0 saturated carbocycles. The Bertz CT molecular complexity index is 452. The van der Waals surface area contributed by atoms with Crippen molar-refractivity contribution in [1.82, 2.24) is 19.6 Å². The molecule has 1 N–H and O–H groups in total. The molecule has 0 aromatic carbocycles. The second-order valence-corrected chi connectivity index (χ2v) is 5.77. The third-order valence-electron chi connectivity index (χ3n) is 3.98. The molecule has 0 radical (unpaired) electrons. The highest BCUT2D eigenvalue weighted by atomic mass is 16.3. The molecule has 1 aliphatic heterocycles. The zero-order valence-corrected chi connectivity index (χ0v) is 13.0. The van der Waals surface area contributed by atoms with Gasteiger partial charge in [0, 0.05) is 51.9 Å². The van der Waals surface area contributed by atoms with Gasteiger partial charge >= 0.3 is 0 Å². The van der Waals surface area contributed by atoms with Gasteiger partial charge in [0.25, 0.3) is 0 Å². The van der Waals surface area contributed by atoms with Crippen LogP contribution in [0.25, 0.3) is 0 Å². The van der Waals surface area contributed by atoms with Crippen molar-refractivity contribution in [3.05, 3.63) is 18.0 Å². The SMILES string of the molecule is CC[C@@H](O)CN1CCN(C(=O)CCn2cc(C)cn2)CC1. The average molecular weight is 294 g/mol. The molecule has 1 aliphatic rings. The summed E-state index contributed by atoms with van der Waals surface area (Å²) in [4.78, 5) is 16.3. The maximum atomic E-state index is 12.2. The topological polar surface area (TPSA) is 61.6 Å². The van der Waals surface area contributed by atoms with Gasteiger partial charge in [-0.15, -0.1) is 0 Å². The Morgan fingerprint density at radius 1 is 1.38 bits per heavy atom. The molecule has 1 aromatic heterocycles. The number of hydrogen-bond donors (Lipinski definition) is 1. The number of β-amino-alcohol motifs (C(OH)–C–C–N with tert-alkyl or cyclic N) is 1. The molecule has 2 heterocycles. The van der Waals surface area contributed by atoms with Crippen LogP contribution < -0.4 is 0 Å². The van der Waals surface area contributed by atoms with Gasteiger partial charge in [-0.3, -0.25) is 14.4 Å². The Hall–Kier alpha value is -1.40. The van der Waals surface area contributed by atoms with Crippen LogP contribution in [0.4, 0.5) is 0 Å². The fourth-order valence-electron chi connectivity index (χ4n) is 2.56. The van der Waals surface area contributed by atoms with E-state index in [1.165, 1.54) is 0 Å². The molecule has 1 atom stereocenters. The molecule has 118 valence electrons. The lowest BCUT2D eigenvalue weighted by atomic mass is 10.2. The van der Waals surface area contributed by atoms with E-state index >= 15 is 0 Å². The van der Waals surface area contributed by atoms with E-state index in [0.29, 0.717) is 19.5 Å². The van der Waals surface area contributed by atoms with E-state index in [1.807, 2.05) is 35.8 Å². The van der Waals surface area contributed by atoms with Crippen molar-refractivity contribution < 1.29 is 9.90 Å². The number of aliphatic hydroxyl groups excluding tert-OH is 1. The van der Waals surface area contributed by atoms with Crippen LogP contribution in [0.15, 0.2) is 12.4 Å². The van der Waals surface area contributed by atoms with Crippen LogP contribution in [-0.2, 0) is 11.3 Å². The lowest BCUT2D eigenvalue weighted by molar-refractivity contribution is -0.133. The van der Waals surface area contributed by atoms with Crippen molar-refractivity contribution >= 4 is 5.91 Å². The van der Waals surface area contributed by atoms with Gasteiger partial charge < -0.3 is 10.0 Å². The van der Waals surface area contributed by atoms with Gasteiger partial charge in [-0.05, 0) is 18.9 Å². The summed E-state index contributed by atoms with van der Waals surface area (Å²) in [5, 5.41) is 13.9. The highest BCUT2D eigenvalue weighted by molar-refractivity contribution is 5.76. The van der Waals surface area contributed by atoms with Crippen molar-refractivity contribution in [2.75, 3.05) is 32.7 Å². The summed E-state index contributed by atoms with van der Waals surface area (Å²) in [6, 6.07) is 0. The molecule has 6 nitrogen and oxygen atoms in total. The highest BCUT2D eigenvalue weighted by Gasteiger charge is 2.21. The minimum absolute atomic E-state index is 0.193. The van der Waals surface area contributed by atoms with Crippen molar-refractivity contribution in [3.63, 3.8) is 0 Å². The molecule has 21 heavy (non-hydrogen) atoms. The van der Waals surface area contributed by atoms with Crippen LogP contribution in [0.3, 0.4) is 0 Å². The second kappa shape index (κ2) is 7.56. The van der Waals surface area contributed by atoms with Gasteiger partial charge in [0.2, 0.25) is 5.91 Å². The summed E-state index contributed by atoms with van der Waals surface area (Å²) in [7, 11) is 0. The quantitative estimate of drug-likeness (QED) is 0.830. The summed E-state index contributed by atoms with van der Waals surface area (Å²) in [6.45, 7) is 8.55. The molecule has 0 bridgehead atoms. The maximum Gasteiger partial charge on any atom is 0.224 e. The molecule has 1 fully saturated rings. The summed E-state index contributed by atoms with van der Waals surface area (Å²) < 4.78 is 1.82. The number of aryl methyl sites for hydroxylation is 2. The zero-order chi connectivity index (χ0) is 15.2. The Labute approximate surface area is 126 Å². The number of aliphatic hydroxyl groups is 1. The van der Waals surface area contributed by atoms with Gasteiger partial charge in [0.1, 0.15) is 0 Å². The lowest BCUT2D eigenvalue weighted by Crippen LogP contribution is -2.50. The largest absolute Gasteiger partial charge is 0.392 e. The molecule has 0 aliphatic carbocycles. The maximum absolute atomic E-state index is 12.2. The van der Waals surface area contributed by atoms with E-state index in [0.717, 1.165) is 38.2 Å². The fraction of sp³-hybridized carbons (Fsp3) is 0.733. The number of nitrogens with zero attached hydrogens (tertiary/aromatic N) is 4. The zero-order valence-electron chi connectivity index (χ0n) is 13.0. The van der Waals surface area contributed by atoms with Gasteiger partial charge in [0.05, 0.1) is 12.3 Å². The fourth-order valence-corrected chi connectivity index (χ4v) is 2.56. The first kappa shape index (κ1) is 16.0. The average Bonchev–Trinajstić information content (AvgIpc) is 2.91. The summed E-state index contributed by atoms with van der Waals surface area (Å²) in [5.41, 5.74) is 1.12. The first-order valence-electron chi connectivity index (χ1n) is 7.75. The third-order valence-corrected chi connectivity index (χ3v) is 3.98. The number of aromatic nitrogens is 2. The van der Waals surface area contributed by atoms with Gasteiger partial charge in [-0.1, -0.05) is 6.92 Å². The van der Waals surface area contributed by atoms with E-state index in [-0.39, 0.29) is 12.0 Å². The predicted molar refractivity (Wildman–Crippen MR) is 80.9 cm³/mol. The van der Waals surface area contributed by atoms with Crippen LogP contribution in [-0.4, -0.2) is 69.4 Å². The first-order chi connectivity index (χ1) is 10.1. The van der Waals surface area contributed by atoms with Crippen LogP contribution in [0.2, 0.25) is 0 Å². The van der Waals surface area contributed by atoms with E-state index < -0.39 is 0 Å². The van der Waals surface area contributed by atoms with Gasteiger partial charge in [0.15, 0.2) is 0 Å². The minimum Gasteiger partial charge on any atom is -0.392 e. The molecule has 1 saturated heterocycles. The molecule has 1 aromatic rings. The Balaban J connectivity index is 1.70. The standard InChI is InChI=1S/C15H26N4O2/c1-3-14(20)12-17-6-8-18(9-7-17)15(21)4-5-19-11-13(2)10-16-19/h10-11,14,20H,3-9,12H2,1-2H3/t14-/m1/s1. The smallest absolute Gasteiger partial charge is 0.224 e. The lowest BCUT2D eigenvalue weighted by Gasteiger charge is -2.35. The van der Waals surface area contributed by atoms with Crippen molar-refractivity contribution in [1.29, 1.82) is 0 Å². The van der Waals surface area contributed by atoms with E-state index in [2.05, 4.69) is 10.00 Å². The third kappa shape index (κ3) is 4.82. The summed E-state index contributed by atoms with van der Waals surface area (Å²) >= 11 is 0. The highest BCUT2D eigenvalue weighted by Crippen LogP contribution is 2.06. The number of amides is 1. The Morgan fingerprint density at radius 2 is 2.10 bits per heavy atom. The molecule has 6 heteroatoms. The van der Waals surface area contributed by atoms with Crippen LogP contribution >= 0.6 is 0 Å². The van der Waals surface area contributed by atoms with Gasteiger partial charge in [-0.2, -0.15) is 5.10 Å². The van der Waals surface area contributed by atoms with E-state index in [4.69, 9.17) is 0 Å². The minimum atomic E-state index is -0.254. The van der Waals surface area contributed by atoms with Crippen LogP contribution in [0.1, 0.15) is 25.3 Å². The van der Waals surface area contributed by atoms with Gasteiger partial charge in [-0.25, -0.2) is 0 Å². The molecular weight excluding hydrogens is 268 g/mol. The Kier molecular flexibility index (Phi) is 5.76. The summed E-state index contributed by atoms with van der Waals surface area (Å²) in [6.07, 6.45) is 4.79. The number of hydrogen-bond acceptors (Lipinski definition) is 4.